The number of amides is 1. The summed E-state index contributed by atoms with van der Waals surface area (Å²) < 4.78 is 5.93. The van der Waals surface area contributed by atoms with E-state index in [9.17, 15) is 4.79 Å². The normalized spacial score (nSPS) is 10.8. The first kappa shape index (κ1) is 19.2. The van der Waals surface area contributed by atoms with E-state index in [1.807, 2.05) is 77.0 Å². The van der Waals surface area contributed by atoms with Crippen molar-refractivity contribution in [1.29, 1.82) is 0 Å². The molecule has 3 aromatic rings. The maximum atomic E-state index is 12.8. The zero-order valence-electron chi connectivity index (χ0n) is 15.8. The number of carbonyl (C=O) groups is 1. The van der Waals surface area contributed by atoms with Crippen LogP contribution in [0.4, 0.5) is 0 Å². The minimum atomic E-state index is 0.0920. The number of ether oxygens (including phenoxy) is 1. The van der Waals surface area contributed by atoms with Crippen LogP contribution in [-0.2, 0) is 13.2 Å². The third-order valence-electron chi connectivity index (χ3n) is 4.12. The van der Waals surface area contributed by atoms with Gasteiger partial charge < -0.3 is 9.64 Å². The predicted molar refractivity (Wildman–Crippen MR) is 111 cm³/mol. The van der Waals surface area contributed by atoms with Gasteiger partial charge in [-0.3, -0.25) is 4.79 Å². The van der Waals surface area contributed by atoms with Crippen molar-refractivity contribution < 1.29 is 9.53 Å². The molecule has 0 saturated carbocycles. The Hall–Kier alpha value is -2.59. The van der Waals surface area contributed by atoms with Gasteiger partial charge in [0.25, 0.3) is 5.91 Å². The van der Waals surface area contributed by atoms with Gasteiger partial charge in [0, 0.05) is 13.1 Å². The molecule has 0 bridgehead atoms. The highest BCUT2D eigenvalue weighted by Gasteiger charge is 2.18. The lowest BCUT2D eigenvalue weighted by Crippen LogP contribution is -2.33. The number of hydrogen-bond donors (Lipinski definition) is 0. The molecule has 1 heterocycles. The van der Waals surface area contributed by atoms with Crippen molar-refractivity contribution in [3.05, 3.63) is 88.1 Å². The van der Waals surface area contributed by atoms with Crippen molar-refractivity contribution in [3.8, 4) is 5.75 Å². The molecule has 1 amide bonds. The maximum absolute atomic E-state index is 12.8. The molecule has 0 spiro atoms. The molecule has 0 atom stereocenters. The Morgan fingerprint density at radius 3 is 2.48 bits per heavy atom. The molecular weight excluding hydrogens is 354 g/mol. The van der Waals surface area contributed by atoms with Crippen LogP contribution >= 0.6 is 11.3 Å². The topological polar surface area (TPSA) is 29.5 Å². The van der Waals surface area contributed by atoms with Crippen molar-refractivity contribution >= 4 is 17.2 Å². The van der Waals surface area contributed by atoms with E-state index in [1.165, 1.54) is 11.3 Å². The predicted octanol–water partition coefficient (Wildman–Crippen LogP) is 5.63. The number of carbonyl (C=O) groups excluding carboxylic acids is 1. The average molecular weight is 380 g/mol. The first-order chi connectivity index (χ1) is 13.1. The summed E-state index contributed by atoms with van der Waals surface area (Å²) in [5, 5.41) is 1.94. The molecule has 0 aliphatic carbocycles. The van der Waals surface area contributed by atoms with Crippen molar-refractivity contribution in [2.45, 2.75) is 27.0 Å². The van der Waals surface area contributed by atoms with Gasteiger partial charge in [0.2, 0.25) is 0 Å². The van der Waals surface area contributed by atoms with Crippen LogP contribution in [0.15, 0.2) is 72.1 Å². The van der Waals surface area contributed by atoms with Crippen LogP contribution in [0.25, 0.3) is 0 Å². The van der Waals surface area contributed by atoms with Crippen LogP contribution in [0.2, 0.25) is 0 Å². The smallest absolute Gasteiger partial charge is 0.264 e. The number of thiophene rings is 1. The van der Waals surface area contributed by atoms with Gasteiger partial charge in [0.05, 0.1) is 4.88 Å². The molecule has 0 aliphatic rings. The molecule has 1 aromatic heterocycles. The minimum Gasteiger partial charge on any atom is -0.489 e. The van der Waals surface area contributed by atoms with E-state index >= 15 is 0 Å². The number of benzene rings is 2. The van der Waals surface area contributed by atoms with Gasteiger partial charge in [0.15, 0.2) is 0 Å². The van der Waals surface area contributed by atoms with Crippen LogP contribution in [0.3, 0.4) is 0 Å². The lowest BCUT2D eigenvalue weighted by molar-refractivity contribution is 0.0727. The monoisotopic (exact) mass is 379 g/mol. The first-order valence-corrected chi connectivity index (χ1v) is 10.1. The van der Waals surface area contributed by atoms with Gasteiger partial charge in [-0.15, -0.1) is 11.3 Å². The summed E-state index contributed by atoms with van der Waals surface area (Å²) in [6.07, 6.45) is 0. The maximum Gasteiger partial charge on any atom is 0.264 e. The summed E-state index contributed by atoms with van der Waals surface area (Å²) in [7, 11) is 0. The Bertz CT molecular complexity index is 844. The minimum absolute atomic E-state index is 0.0920. The zero-order valence-corrected chi connectivity index (χ0v) is 16.6. The van der Waals surface area contributed by atoms with Crippen molar-refractivity contribution in [2.24, 2.45) is 5.92 Å². The second-order valence-corrected chi connectivity index (χ2v) is 7.93. The van der Waals surface area contributed by atoms with Crippen LogP contribution in [0, 0.1) is 5.92 Å². The van der Waals surface area contributed by atoms with E-state index in [0.29, 0.717) is 19.1 Å². The summed E-state index contributed by atoms with van der Waals surface area (Å²) in [6.45, 7) is 6.11. The van der Waals surface area contributed by atoms with Crippen LogP contribution in [0.5, 0.6) is 5.75 Å². The molecule has 0 saturated heterocycles. The molecule has 3 nitrogen and oxygen atoms in total. The molecule has 0 aliphatic heterocycles. The van der Waals surface area contributed by atoms with Gasteiger partial charge >= 0.3 is 0 Å². The van der Waals surface area contributed by atoms with Gasteiger partial charge in [-0.2, -0.15) is 0 Å². The summed E-state index contributed by atoms with van der Waals surface area (Å²) >= 11 is 1.49. The fourth-order valence-electron chi connectivity index (χ4n) is 2.91. The van der Waals surface area contributed by atoms with Gasteiger partial charge in [-0.05, 0) is 40.6 Å². The summed E-state index contributed by atoms with van der Waals surface area (Å²) in [4.78, 5) is 15.6. The third kappa shape index (κ3) is 5.69. The average Bonchev–Trinajstić information content (AvgIpc) is 3.21. The van der Waals surface area contributed by atoms with Crippen LogP contribution in [-0.4, -0.2) is 17.4 Å². The zero-order chi connectivity index (χ0) is 19.1. The van der Waals surface area contributed by atoms with Gasteiger partial charge in [-0.25, -0.2) is 0 Å². The molecule has 0 N–H and O–H groups in total. The van der Waals surface area contributed by atoms with Crippen LogP contribution in [0.1, 0.15) is 34.6 Å². The van der Waals surface area contributed by atoms with E-state index in [2.05, 4.69) is 13.8 Å². The largest absolute Gasteiger partial charge is 0.489 e. The Balaban J connectivity index is 1.69. The highest BCUT2D eigenvalue weighted by Crippen LogP contribution is 2.20. The third-order valence-corrected chi connectivity index (χ3v) is 4.98. The fourth-order valence-corrected chi connectivity index (χ4v) is 3.60. The lowest BCUT2D eigenvalue weighted by atomic mass is 10.1. The van der Waals surface area contributed by atoms with E-state index in [-0.39, 0.29) is 5.91 Å². The van der Waals surface area contributed by atoms with Gasteiger partial charge in [0.1, 0.15) is 12.4 Å². The van der Waals surface area contributed by atoms with Crippen molar-refractivity contribution in [3.63, 3.8) is 0 Å². The van der Waals surface area contributed by atoms with Crippen molar-refractivity contribution in [2.75, 3.05) is 6.54 Å². The molecule has 0 fully saturated rings. The summed E-state index contributed by atoms with van der Waals surface area (Å²) in [5.74, 6) is 1.32. The van der Waals surface area contributed by atoms with Gasteiger partial charge in [-0.1, -0.05) is 62.4 Å². The quantitative estimate of drug-likeness (QED) is 0.508. The molecule has 0 unspecified atom stereocenters. The standard InChI is InChI=1S/C23H25NO2S/c1-18(2)15-24(23(25)22-12-7-13-27-22)16-20-10-6-11-21(14-20)26-17-19-8-4-3-5-9-19/h3-14,18H,15-17H2,1-2H3. The summed E-state index contributed by atoms with van der Waals surface area (Å²) in [6, 6.07) is 21.9. The Kier molecular flexibility index (Phi) is 6.66. The van der Waals surface area contributed by atoms with E-state index in [0.717, 1.165) is 28.3 Å². The molecule has 2 aromatic carbocycles. The molecule has 27 heavy (non-hydrogen) atoms. The summed E-state index contributed by atoms with van der Waals surface area (Å²) in [5.41, 5.74) is 2.21. The number of nitrogens with zero attached hydrogens (tertiary/aromatic N) is 1. The molecule has 0 radical (unpaired) electrons. The highest BCUT2D eigenvalue weighted by atomic mass is 32.1. The van der Waals surface area contributed by atoms with E-state index < -0.39 is 0 Å². The molecule has 3 rings (SSSR count). The number of rotatable bonds is 8. The number of hydrogen-bond acceptors (Lipinski definition) is 3. The van der Waals surface area contributed by atoms with E-state index in [4.69, 9.17) is 4.74 Å². The molecular formula is C23H25NO2S. The fraction of sp³-hybridized carbons (Fsp3) is 0.261. The highest BCUT2D eigenvalue weighted by molar-refractivity contribution is 7.12. The Morgan fingerprint density at radius 2 is 1.78 bits per heavy atom. The second-order valence-electron chi connectivity index (χ2n) is 6.98. The Morgan fingerprint density at radius 1 is 1.00 bits per heavy atom. The SMILES string of the molecule is CC(C)CN(Cc1cccc(OCc2ccccc2)c1)C(=O)c1cccs1. The van der Waals surface area contributed by atoms with Crippen LogP contribution < -0.4 is 4.74 Å². The molecule has 140 valence electrons. The Labute approximate surface area is 165 Å². The lowest BCUT2D eigenvalue weighted by Gasteiger charge is -2.24. The van der Waals surface area contributed by atoms with Crippen molar-refractivity contribution in [1.82, 2.24) is 4.90 Å². The molecule has 4 heteroatoms. The first-order valence-electron chi connectivity index (χ1n) is 9.20. The second kappa shape index (κ2) is 9.38. The van der Waals surface area contributed by atoms with E-state index in [1.54, 1.807) is 0 Å².